The van der Waals surface area contributed by atoms with Gasteiger partial charge in [0, 0.05) is 6.54 Å². The molecule has 0 unspecified atom stereocenters. The quantitative estimate of drug-likeness (QED) is 0.642. The van der Waals surface area contributed by atoms with Crippen LogP contribution in [0.3, 0.4) is 0 Å². The minimum atomic E-state index is 0.192. The molecule has 1 heterocycles. The van der Waals surface area contributed by atoms with Gasteiger partial charge in [0.2, 0.25) is 0 Å². The van der Waals surface area contributed by atoms with Crippen LogP contribution in [0.4, 0.5) is 0 Å². The molecule has 64 valence electrons. The third kappa shape index (κ3) is 1.17. The summed E-state index contributed by atoms with van der Waals surface area (Å²) in [5.74, 6) is 0.192. The SMILES string of the molecule is Oc1ccc2c(c1Cl)CCNC2. The summed E-state index contributed by atoms with van der Waals surface area (Å²) in [5, 5.41) is 13.1. The highest BCUT2D eigenvalue weighted by atomic mass is 35.5. The van der Waals surface area contributed by atoms with Crippen molar-refractivity contribution < 1.29 is 5.11 Å². The molecule has 2 nitrogen and oxygen atoms in total. The fraction of sp³-hybridized carbons (Fsp3) is 0.333. The predicted molar refractivity (Wildman–Crippen MR) is 48.5 cm³/mol. The number of hydrogen-bond donors (Lipinski definition) is 2. The van der Waals surface area contributed by atoms with Gasteiger partial charge in [0.1, 0.15) is 5.75 Å². The van der Waals surface area contributed by atoms with Crippen LogP contribution in [0.1, 0.15) is 11.1 Å². The highest BCUT2D eigenvalue weighted by Crippen LogP contribution is 2.31. The normalized spacial score (nSPS) is 15.8. The van der Waals surface area contributed by atoms with E-state index in [1.165, 1.54) is 5.56 Å². The molecule has 0 aromatic heterocycles. The summed E-state index contributed by atoms with van der Waals surface area (Å²) in [4.78, 5) is 0. The number of fused-ring (bicyclic) bond motifs is 1. The molecule has 0 spiro atoms. The molecule has 0 fully saturated rings. The lowest BCUT2D eigenvalue weighted by molar-refractivity contribution is 0.473. The first-order valence-corrected chi connectivity index (χ1v) is 4.37. The molecule has 0 bridgehead atoms. The first kappa shape index (κ1) is 7.90. The molecule has 1 aliphatic heterocycles. The summed E-state index contributed by atoms with van der Waals surface area (Å²) >= 11 is 5.93. The number of halogens is 1. The fourth-order valence-corrected chi connectivity index (χ4v) is 1.80. The predicted octanol–water partition coefficient (Wildman–Crippen LogP) is 1.69. The van der Waals surface area contributed by atoms with Gasteiger partial charge in [-0.3, -0.25) is 0 Å². The van der Waals surface area contributed by atoms with E-state index >= 15 is 0 Å². The summed E-state index contributed by atoms with van der Waals surface area (Å²) < 4.78 is 0. The maximum atomic E-state index is 9.32. The van der Waals surface area contributed by atoms with Crippen molar-refractivity contribution in [1.29, 1.82) is 0 Å². The number of aromatic hydroxyl groups is 1. The molecule has 3 heteroatoms. The Morgan fingerprint density at radius 2 is 2.25 bits per heavy atom. The monoisotopic (exact) mass is 183 g/mol. The molecule has 0 atom stereocenters. The maximum Gasteiger partial charge on any atom is 0.134 e. The van der Waals surface area contributed by atoms with Gasteiger partial charge >= 0.3 is 0 Å². The molecular weight excluding hydrogens is 174 g/mol. The summed E-state index contributed by atoms with van der Waals surface area (Å²) in [6.45, 7) is 1.80. The summed E-state index contributed by atoms with van der Waals surface area (Å²) in [6, 6.07) is 3.57. The lowest BCUT2D eigenvalue weighted by Gasteiger charge is -2.18. The number of rotatable bonds is 0. The van der Waals surface area contributed by atoms with E-state index in [-0.39, 0.29) is 5.75 Å². The molecule has 0 amide bonds. The van der Waals surface area contributed by atoms with Gasteiger partial charge in [-0.1, -0.05) is 17.7 Å². The van der Waals surface area contributed by atoms with Gasteiger partial charge in [-0.2, -0.15) is 0 Å². The lowest BCUT2D eigenvalue weighted by Crippen LogP contribution is -2.23. The third-order valence-corrected chi connectivity index (χ3v) is 2.61. The fourth-order valence-electron chi connectivity index (χ4n) is 1.52. The number of benzene rings is 1. The van der Waals surface area contributed by atoms with Crippen LogP contribution in [0.25, 0.3) is 0 Å². The van der Waals surface area contributed by atoms with E-state index in [1.54, 1.807) is 6.07 Å². The zero-order chi connectivity index (χ0) is 8.55. The first-order chi connectivity index (χ1) is 5.79. The molecule has 1 aliphatic rings. The number of phenols is 1. The second kappa shape index (κ2) is 2.96. The minimum Gasteiger partial charge on any atom is -0.506 e. The van der Waals surface area contributed by atoms with Gasteiger partial charge in [0.05, 0.1) is 5.02 Å². The summed E-state index contributed by atoms with van der Waals surface area (Å²) in [6.07, 6.45) is 0.905. The topological polar surface area (TPSA) is 32.3 Å². The summed E-state index contributed by atoms with van der Waals surface area (Å²) in [7, 11) is 0. The molecule has 0 aliphatic carbocycles. The highest BCUT2D eigenvalue weighted by molar-refractivity contribution is 6.32. The smallest absolute Gasteiger partial charge is 0.134 e. The van der Waals surface area contributed by atoms with Crippen LogP contribution in [-0.4, -0.2) is 11.7 Å². The molecule has 0 saturated heterocycles. The Labute approximate surface area is 76.2 Å². The van der Waals surface area contributed by atoms with Crippen LogP contribution < -0.4 is 5.32 Å². The highest BCUT2D eigenvalue weighted by Gasteiger charge is 2.13. The van der Waals surface area contributed by atoms with Crippen LogP contribution in [-0.2, 0) is 13.0 Å². The Bertz CT molecular complexity index is 312. The molecule has 1 aromatic carbocycles. The van der Waals surface area contributed by atoms with Crippen molar-refractivity contribution >= 4 is 11.6 Å². The lowest BCUT2D eigenvalue weighted by atomic mass is 10.0. The van der Waals surface area contributed by atoms with Crippen molar-refractivity contribution in [2.45, 2.75) is 13.0 Å². The van der Waals surface area contributed by atoms with Crippen LogP contribution >= 0.6 is 11.6 Å². The number of phenolic OH excluding ortho intramolecular Hbond substituents is 1. The van der Waals surface area contributed by atoms with Gasteiger partial charge < -0.3 is 10.4 Å². The summed E-state index contributed by atoms with van der Waals surface area (Å²) in [5.41, 5.74) is 2.29. The van der Waals surface area contributed by atoms with Crippen molar-refractivity contribution in [3.63, 3.8) is 0 Å². The minimum absolute atomic E-state index is 0.192. The van der Waals surface area contributed by atoms with Crippen molar-refractivity contribution in [3.05, 3.63) is 28.3 Å². The van der Waals surface area contributed by atoms with Gasteiger partial charge in [-0.15, -0.1) is 0 Å². The van der Waals surface area contributed by atoms with Gasteiger partial charge in [0.25, 0.3) is 0 Å². The Balaban J connectivity index is 2.54. The maximum absolute atomic E-state index is 9.32. The van der Waals surface area contributed by atoms with E-state index in [4.69, 9.17) is 11.6 Å². The van der Waals surface area contributed by atoms with Crippen molar-refractivity contribution in [3.8, 4) is 5.75 Å². The molecule has 2 N–H and O–H groups in total. The largest absolute Gasteiger partial charge is 0.506 e. The van der Waals surface area contributed by atoms with Crippen molar-refractivity contribution in [2.24, 2.45) is 0 Å². The second-order valence-corrected chi connectivity index (χ2v) is 3.34. The Morgan fingerprint density at radius 1 is 1.42 bits per heavy atom. The van der Waals surface area contributed by atoms with Gasteiger partial charge in [-0.25, -0.2) is 0 Å². The zero-order valence-electron chi connectivity index (χ0n) is 6.60. The average Bonchev–Trinajstić information content (AvgIpc) is 2.12. The Morgan fingerprint density at radius 3 is 3.08 bits per heavy atom. The number of nitrogens with one attached hydrogen (secondary N) is 1. The van der Waals surface area contributed by atoms with Gasteiger partial charge in [0.15, 0.2) is 0 Å². The second-order valence-electron chi connectivity index (χ2n) is 2.96. The van der Waals surface area contributed by atoms with E-state index in [1.807, 2.05) is 6.07 Å². The van der Waals surface area contributed by atoms with Gasteiger partial charge in [-0.05, 0) is 30.2 Å². The van der Waals surface area contributed by atoms with Crippen LogP contribution in [0.2, 0.25) is 5.02 Å². The molecule has 0 radical (unpaired) electrons. The Hall–Kier alpha value is -0.730. The van der Waals surface area contributed by atoms with E-state index in [0.717, 1.165) is 25.1 Å². The van der Waals surface area contributed by atoms with E-state index in [0.29, 0.717) is 5.02 Å². The average molecular weight is 184 g/mol. The standard InChI is InChI=1S/C9H10ClNO/c10-9-7-3-4-11-5-6(7)1-2-8(9)12/h1-2,11-12H,3-5H2. The molecule has 12 heavy (non-hydrogen) atoms. The van der Waals surface area contributed by atoms with Crippen molar-refractivity contribution in [2.75, 3.05) is 6.54 Å². The first-order valence-electron chi connectivity index (χ1n) is 3.99. The zero-order valence-corrected chi connectivity index (χ0v) is 7.36. The molecular formula is C9H10ClNO. The van der Waals surface area contributed by atoms with Crippen LogP contribution in [0.5, 0.6) is 5.75 Å². The van der Waals surface area contributed by atoms with Crippen LogP contribution in [0, 0.1) is 0 Å². The molecule has 1 aromatic rings. The molecule has 0 saturated carbocycles. The molecule has 2 rings (SSSR count). The Kier molecular flexibility index (Phi) is 1.95. The van der Waals surface area contributed by atoms with E-state index in [9.17, 15) is 5.11 Å². The third-order valence-electron chi connectivity index (χ3n) is 2.19. The van der Waals surface area contributed by atoms with Crippen molar-refractivity contribution in [1.82, 2.24) is 5.32 Å². The van der Waals surface area contributed by atoms with E-state index in [2.05, 4.69) is 5.32 Å². The van der Waals surface area contributed by atoms with Crippen LogP contribution in [0.15, 0.2) is 12.1 Å². The van der Waals surface area contributed by atoms with E-state index < -0.39 is 0 Å². The number of hydrogen-bond acceptors (Lipinski definition) is 2.